The molecule has 0 radical (unpaired) electrons. The molecule has 1 heterocycles. The van der Waals surface area contributed by atoms with E-state index in [0.29, 0.717) is 4.90 Å². The average molecular weight is 378 g/mol. The van der Waals surface area contributed by atoms with Gasteiger partial charge in [0.15, 0.2) is 5.75 Å². The van der Waals surface area contributed by atoms with E-state index in [9.17, 15) is 34.7 Å². The van der Waals surface area contributed by atoms with E-state index in [-0.39, 0.29) is 33.2 Å². The molecule has 0 unspecified atom stereocenters. The average Bonchev–Trinajstić information content (AvgIpc) is 2.65. The number of nitro benzene ring substituents is 1. The fourth-order valence-corrected chi connectivity index (χ4v) is 3.40. The third-order valence-corrected chi connectivity index (χ3v) is 4.54. The number of aromatic hydroxyl groups is 1. The minimum absolute atomic E-state index is 0.00427. The summed E-state index contributed by atoms with van der Waals surface area (Å²) in [5, 5.41) is 30.8. The van der Waals surface area contributed by atoms with Crippen molar-refractivity contribution in [1.82, 2.24) is 0 Å². The van der Waals surface area contributed by atoms with E-state index in [2.05, 4.69) is 0 Å². The fraction of sp³-hybridized carbons (Fsp3) is 0. The van der Waals surface area contributed by atoms with Crippen LogP contribution in [0.4, 0.5) is 11.4 Å². The van der Waals surface area contributed by atoms with Crippen molar-refractivity contribution in [1.29, 1.82) is 0 Å². The van der Waals surface area contributed by atoms with Gasteiger partial charge in [0.25, 0.3) is 11.8 Å². The second kappa shape index (κ2) is 5.88. The number of hydrogen-bond acceptors (Lipinski definition) is 6. The van der Waals surface area contributed by atoms with E-state index in [1.807, 2.05) is 0 Å². The van der Waals surface area contributed by atoms with E-state index in [0.717, 1.165) is 6.07 Å². The topological polar surface area (TPSA) is 138 Å². The van der Waals surface area contributed by atoms with Crippen molar-refractivity contribution in [2.45, 2.75) is 0 Å². The van der Waals surface area contributed by atoms with Gasteiger partial charge in [-0.2, -0.15) is 0 Å². The number of nitro groups is 1. The lowest BCUT2D eigenvalue weighted by atomic mass is 9.92. The van der Waals surface area contributed by atoms with Gasteiger partial charge in [-0.05, 0) is 24.3 Å². The van der Waals surface area contributed by atoms with Crippen LogP contribution in [0.15, 0.2) is 48.5 Å². The number of carbonyl (C=O) groups is 3. The number of amides is 2. The van der Waals surface area contributed by atoms with Crippen LogP contribution in [0, 0.1) is 10.1 Å². The summed E-state index contributed by atoms with van der Waals surface area (Å²) in [6.45, 7) is 0. The number of carbonyl (C=O) groups excluding carboxylic acids is 2. The maximum atomic E-state index is 13.1. The Kier molecular flexibility index (Phi) is 3.60. The molecule has 0 fully saturated rings. The number of imide groups is 1. The van der Waals surface area contributed by atoms with Crippen LogP contribution in [-0.4, -0.2) is 32.9 Å². The molecule has 0 aromatic heterocycles. The lowest BCUT2D eigenvalue weighted by molar-refractivity contribution is -0.384. The lowest BCUT2D eigenvalue weighted by Gasteiger charge is -2.28. The number of phenolic OH excluding ortho intramolecular Hbond substituents is 1. The zero-order valence-corrected chi connectivity index (χ0v) is 13.9. The van der Waals surface area contributed by atoms with Crippen LogP contribution < -0.4 is 4.90 Å². The van der Waals surface area contributed by atoms with Gasteiger partial charge in [-0.3, -0.25) is 19.7 Å². The predicted molar refractivity (Wildman–Crippen MR) is 96.8 cm³/mol. The summed E-state index contributed by atoms with van der Waals surface area (Å²) in [5.41, 5.74) is -1.14. The van der Waals surface area contributed by atoms with Crippen molar-refractivity contribution < 1.29 is 29.5 Å². The Morgan fingerprint density at radius 2 is 1.68 bits per heavy atom. The minimum Gasteiger partial charge on any atom is -0.502 e. The van der Waals surface area contributed by atoms with Gasteiger partial charge in [0, 0.05) is 17.0 Å². The van der Waals surface area contributed by atoms with Crippen LogP contribution in [0.2, 0.25) is 0 Å². The van der Waals surface area contributed by atoms with Gasteiger partial charge in [-0.15, -0.1) is 0 Å². The number of benzene rings is 3. The third kappa shape index (κ3) is 2.23. The Labute approximate surface area is 156 Å². The Morgan fingerprint density at radius 1 is 1.00 bits per heavy atom. The smallest absolute Gasteiger partial charge is 0.337 e. The summed E-state index contributed by atoms with van der Waals surface area (Å²) in [7, 11) is 0. The highest BCUT2D eigenvalue weighted by atomic mass is 16.6. The largest absolute Gasteiger partial charge is 0.502 e. The molecule has 4 rings (SSSR count). The normalized spacial score (nSPS) is 13.1. The lowest BCUT2D eigenvalue weighted by Crippen LogP contribution is -2.41. The van der Waals surface area contributed by atoms with Crippen molar-refractivity contribution in [3.8, 4) is 5.75 Å². The van der Waals surface area contributed by atoms with Crippen molar-refractivity contribution >= 4 is 39.9 Å². The van der Waals surface area contributed by atoms with Crippen LogP contribution in [-0.2, 0) is 0 Å². The van der Waals surface area contributed by atoms with Gasteiger partial charge < -0.3 is 10.2 Å². The standard InChI is InChI=1S/C19H10N2O7/c22-14-8-12-15-10(16(14)21(27)28)5-3-6-11(15)17(23)20(18(12)24)13-7-2-1-4-9(13)19(25)26/h1-8,22H,(H,25,26). The first-order chi connectivity index (χ1) is 13.3. The van der Waals surface area contributed by atoms with Gasteiger partial charge in [-0.1, -0.05) is 18.2 Å². The highest BCUT2D eigenvalue weighted by Crippen LogP contribution is 2.42. The number of para-hydroxylation sites is 1. The summed E-state index contributed by atoms with van der Waals surface area (Å²) in [5.74, 6) is -3.74. The number of aromatic carboxylic acids is 1. The number of rotatable bonds is 3. The molecule has 9 heteroatoms. The minimum atomic E-state index is -1.33. The first-order valence-corrected chi connectivity index (χ1v) is 7.97. The zero-order valence-electron chi connectivity index (χ0n) is 13.9. The Bertz CT molecular complexity index is 1230. The summed E-state index contributed by atoms with van der Waals surface area (Å²) < 4.78 is 0. The molecule has 28 heavy (non-hydrogen) atoms. The highest BCUT2D eigenvalue weighted by molar-refractivity contribution is 6.37. The van der Waals surface area contributed by atoms with Crippen LogP contribution >= 0.6 is 0 Å². The molecule has 3 aromatic rings. The maximum Gasteiger partial charge on any atom is 0.337 e. The summed E-state index contributed by atoms with van der Waals surface area (Å²) >= 11 is 0. The molecular formula is C19H10N2O7. The number of hydrogen-bond donors (Lipinski definition) is 2. The summed E-state index contributed by atoms with van der Waals surface area (Å²) in [6.07, 6.45) is 0. The molecule has 0 spiro atoms. The van der Waals surface area contributed by atoms with E-state index in [1.54, 1.807) is 0 Å². The van der Waals surface area contributed by atoms with Gasteiger partial charge in [0.05, 0.1) is 27.1 Å². The molecule has 2 amide bonds. The van der Waals surface area contributed by atoms with Crippen LogP contribution in [0.25, 0.3) is 10.8 Å². The monoisotopic (exact) mass is 378 g/mol. The molecule has 1 aliphatic rings. The van der Waals surface area contributed by atoms with Crippen LogP contribution in [0.1, 0.15) is 31.1 Å². The maximum absolute atomic E-state index is 13.1. The summed E-state index contributed by atoms with van der Waals surface area (Å²) in [6, 6.07) is 10.5. The van der Waals surface area contributed by atoms with E-state index >= 15 is 0 Å². The summed E-state index contributed by atoms with van der Waals surface area (Å²) in [4.78, 5) is 48.9. The third-order valence-electron chi connectivity index (χ3n) is 4.54. The molecule has 3 aromatic carbocycles. The van der Waals surface area contributed by atoms with Gasteiger partial charge in [0.1, 0.15) is 0 Å². The Hall–Kier alpha value is -4.27. The van der Waals surface area contributed by atoms with Crippen molar-refractivity contribution in [3.63, 3.8) is 0 Å². The molecule has 138 valence electrons. The van der Waals surface area contributed by atoms with Gasteiger partial charge in [-0.25, -0.2) is 9.69 Å². The van der Waals surface area contributed by atoms with Crippen molar-refractivity contribution in [3.05, 3.63) is 75.3 Å². The first kappa shape index (κ1) is 17.2. The number of carboxylic acids is 1. The van der Waals surface area contributed by atoms with E-state index in [4.69, 9.17) is 0 Å². The highest BCUT2D eigenvalue weighted by Gasteiger charge is 2.38. The first-order valence-electron chi connectivity index (χ1n) is 7.97. The molecule has 0 aliphatic carbocycles. The molecule has 0 atom stereocenters. The second-order valence-electron chi connectivity index (χ2n) is 6.05. The molecule has 0 bridgehead atoms. The number of carboxylic acid groups (broad SMARTS) is 1. The Balaban J connectivity index is 2.05. The fourth-order valence-electron chi connectivity index (χ4n) is 3.40. The molecule has 2 N–H and O–H groups in total. The molecule has 1 aliphatic heterocycles. The van der Waals surface area contributed by atoms with E-state index < -0.39 is 34.1 Å². The van der Waals surface area contributed by atoms with Gasteiger partial charge in [0.2, 0.25) is 0 Å². The Morgan fingerprint density at radius 3 is 2.36 bits per heavy atom. The molecule has 0 saturated carbocycles. The predicted octanol–water partition coefficient (Wildman–Crippen LogP) is 2.95. The SMILES string of the molecule is O=C(O)c1ccccc1N1C(=O)c2cccc3c([N+](=O)[O-])c(O)cc(c23)C1=O. The number of anilines is 1. The van der Waals surface area contributed by atoms with Crippen molar-refractivity contribution in [2.24, 2.45) is 0 Å². The molecule has 9 nitrogen and oxygen atoms in total. The second-order valence-corrected chi connectivity index (χ2v) is 6.05. The van der Waals surface area contributed by atoms with Crippen molar-refractivity contribution in [2.75, 3.05) is 4.90 Å². The zero-order chi connectivity index (χ0) is 20.2. The van der Waals surface area contributed by atoms with E-state index in [1.165, 1.54) is 42.5 Å². The quantitative estimate of drug-likeness (QED) is 0.406. The number of phenols is 1. The van der Waals surface area contributed by atoms with Gasteiger partial charge >= 0.3 is 11.7 Å². The molecular weight excluding hydrogens is 368 g/mol. The van der Waals surface area contributed by atoms with Crippen LogP contribution in [0.3, 0.4) is 0 Å². The molecule has 0 saturated heterocycles. The number of nitrogens with zero attached hydrogens (tertiary/aromatic N) is 2. The van der Waals surface area contributed by atoms with Crippen LogP contribution in [0.5, 0.6) is 5.75 Å².